The lowest BCUT2D eigenvalue weighted by Crippen LogP contribution is -2.23. The van der Waals surface area contributed by atoms with Gasteiger partial charge in [0.25, 0.3) is 11.2 Å². The smallest absolute Gasteiger partial charge is 0.266 e. The first-order valence-electron chi connectivity index (χ1n) is 10.8. The van der Waals surface area contributed by atoms with E-state index in [9.17, 15) is 14.9 Å². The number of hydrogen-bond donors (Lipinski definition) is 0. The lowest BCUT2D eigenvalue weighted by molar-refractivity contribution is -0.384. The van der Waals surface area contributed by atoms with Gasteiger partial charge in [-0.25, -0.2) is 4.68 Å². The number of nitro benzene ring substituents is 1. The van der Waals surface area contributed by atoms with E-state index in [1.54, 1.807) is 53.6 Å². The molecule has 0 aliphatic heterocycles. The third-order valence-electron chi connectivity index (χ3n) is 5.50. The molecule has 0 aliphatic carbocycles. The molecule has 0 fully saturated rings. The van der Waals surface area contributed by atoms with E-state index in [1.807, 2.05) is 30.3 Å². The summed E-state index contributed by atoms with van der Waals surface area (Å²) in [6, 6.07) is 19.3. The van der Waals surface area contributed by atoms with Crippen molar-refractivity contribution in [1.29, 1.82) is 0 Å². The molecule has 0 atom stereocenters. The lowest BCUT2D eigenvalue weighted by Gasteiger charge is -2.00. The zero-order valence-corrected chi connectivity index (χ0v) is 19.2. The molecule has 2 aromatic carbocycles. The molecular formula is C25H15N7O3S. The fourth-order valence-electron chi connectivity index (χ4n) is 3.80. The van der Waals surface area contributed by atoms with Crippen LogP contribution in [0, 0.1) is 10.1 Å². The Hall–Kier alpha value is -5.03. The number of para-hydroxylation sites is 1. The maximum absolute atomic E-state index is 13.2. The van der Waals surface area contributed by atoms with Gasteiger partial charge in [0.15, 0.2) is 5.82 Å². The molecule has 0 aliphatic rings. The fraction of sp³-hybridized carbons (Fsp3) is 0. The highest BCUT2D eigenvalue weighted by Crippen LogP contribution is 2.27. The molecule has 36 heavy (non-hydrogen) atoms. The first-order valence-corrected chi connectivity index (χ1v) is 11.6. The van der Waals surface area contributed by atoms with Crippen LogP contribution in [0.2, 0.25) is 0 Å². The van der Waals surface area contributed by atoms with Crippen LogP contribution in [0.15, 0.2) is 90.1 Å². The lowest BCUT2D eigenvalue weighted by atomic mass is 10.1. The van der Waals surface area contributed by atoms with E-state index in [4.69, 9.17) is 5.10 Å². The summed E-state index contributed by atoms with van der Waals surface area (Å²) in [6.07, 6.45) is 6.79. The van der Waals surface area contributed by atoms with Gasteiger partial charge in [0.2, 0.25) is 4.96 Å². The van der Waals surface area contributed by atoms with Crippen molar-refractivity contribution in [2.45, 2.75) is 0 Å². The Kier molecular flexibility index (Phi) is 5.16. The van der Waals surface area contributed by atoms with E-state index in [0.717, 1.165) is 11.3 Å². The average molecular weight is 494 g/mol. The van der Waals surface area contributed by atoms with Crippen molar-refractivity contribution >= 4 is 28.1 Å². The molecular weight excluding hydrogens is 478 g/mol. The van der Waals surface area contributed by atoms with Crippen LogP contribution in [0.25, 0.3) is 39.4 Å². The maximum atomic E-state index is 13.2. The summed E-state index contributed by atoms with van der Waals surface area (Å²) in [5, 5.41) is 20.4. The van der Waals surface area contributed by atoms with E-state index in [0.29, 0.717) is 32.1 Å². The Bertz CT molecular complexity index is 1840. The SMILES string of the molecule is O=c1c(=Cc2cn(-c3ccccc3)nc2-c2cccc([N+](=O)[O-])c2)sc2nc(-c3ccncc3)nn12. The molecule has 0 amide bonds. The molecule has 6 rings (SSSR count). The predicted octanol–water partition coefficient (Wildman–Crippen LogP) is 3.52. The number of aromatic nitrogens is 6. The Morgan fingerprint density at radius 3 is 2.50 bits per heavy atom. The number of thiazole rings is 1. The third kappa shape index (κ3) is 3.83. The molecule has 4 heterocycles. The van der Waals surface area contributed by atoms with Crippen LogP contribution >= 0.6 is 11.3 Å². The summed E-state index contributed by atoms with van der Waals surface area (Å²) in [7, 11) is 0. The van der Waals surface area contributed by atoms with E-state index >= 15 is 0 Å². The number of benzene rings is 2. The van der Waals surface area contributed by atoms with Crippen molar-refractivity contribution in [3.05, 3.63) is 116 Å². The number of nitro groups is 1. The molecule has 0 N–H and O–H groups in total. The van der Waals surface area contributed by atoms with Crippen molar-refractivity contribution < 1.29 is 4.92 Å². The number of fused-ring (bicyclic) bond motifs is 1. The summed E-state index contributed by atoms with van der Waals surface area (Å²) in [5.74, 6) is 0.446. The number of pyridine rings is 1. The highest BCUT2D eigenvalue weighted by Gasteiger charge is 2.16. The minimum atomic E-state index is -0.447. The van der Waals surface area contributed by atoms with Gasteiger partial charge in [0.1, 0.15) is 5.69 Å². The van der Waals surface area contributed by atoms with Crippen molar-refractivity contribution in [2.24, 2.45) is 0 Å². The Balaban J connectivity index is 1.51. The molecule has 0 saturated heterocycles. The van der Waals surface area contributed by atoms with Gasteiger partial charge in [0.05, 0.1) is 15.1 Å². The van der Waals surface area contributed by atoms with Crippen molar-refractivity contribution in [3.8, 4) is 28.3 Å². The summed E-state index contributed by atoms with van der Waals surface area (Å²) < 4.78 is 3.38. The topological polar surface area (TPSA) is 121 Å². The highest BCUT2D eigenvalue weighted by atomic mass is 32.1. The third-order valence-corrected chi connectivity index (χ3v) is 6.46. The van der Waals surface area contributed by atoms with Gasteiger partial charge in [-0.2, -0.15) is 14.6 Å². The largest absolute Gasteiger partial charge is 0.291 e. The van der Waals surface area contributed by atoms with Crippen molar-refractivity contribution in [3.63, 3.8) is 0 Å². The van der Waals surface area contributed by atoms with E-state index < -0.39 is 4.92 Å². The molecule has 10 nitrogen and oxygen atoms in total. The van der Waals surface area contributed by atoms with E-state index in [-0.39, 0.29) is 11.2 Å². The zero-order chi connectivity index (χ0) is 24.6. The fourth-order valence-corrected chi connectivity index (χ4v) is 4.69. The van der Waals surface area contributed by atoms with Crippen LogP contribution in [-0.2, 0) is 0 Å². The number of non-ortho nitro benzene ring substituents is 1. The summed E-state index contributed by atoms with van der Waals surface area (Å²) in [6.45, 7) is 0. The molecule has 0 unspecified atom stereocenters. The predicted molar refractivity (Wildman–Crippen MR) is 135 cm³/mol. The first kappa shape index (κ1) is 21.5. The van der Waals surface area contributed by atoms with Crippen molar-refractivity contribution in [2.75, 3.05) is 0 Å². The van der Waals surface area contributed by atoms with Gasteiger partial charge in [-0.15, -0.1) is 5.10 Å². The van der Waals surface area contributed by atoms with Crippen LogP contribution in [0.1, 0.15) is 5.56 Å². The Labute approximate surface area is 206 Å². The normalized spacial score (nSPS) is 11.8. The Morgan fingerprint density at radius 1 is 0.944 bits per heavy atom. The monoisotopic (exact) mass is 493 g/mol. The maximum Gasteiger partial charge on any atom is 0.291 e. The van der Waals surface area contributed by atoms with Gasteiger partial charge in [0, 0.05) is 47.4 Å². The van der Waals surface area contributed by atoms with Crippen LogP contribution < -0.4 is 10.1 Å². The van der Waals surface area contributed by atoms with Crippen LogP contribution in [0.5, 0.6) is 0 Å². The number of nitrogens with zero attached hydrogens (tertiary/aromatic N) is 7. The van der Waals surface area contributed by atoms with E-state index in [2.05, 4.69) is 15.1 Å². The molecule has 0 bridgehead atoms. The van der Waals surface area contributed by atoms with Crippen LogP contribution in [0.3, 0.4) is 0 Å². The minimum Gasteiger partial charge on any atom is -0.266 e. The highest BCUT2D eigenvalue weighted by molar-refractivity contribution is 7.15. The molecule has 11 heteroatoms. The molecule has 4 aromatic heterocycles. The second-order valence-corrected chi connectivity index (χ2v) is 8.81. The molecule has 6 aromatic rings. The van der Waals surface area contributed by atoms with Gasteiger partial charge in [-0.3, -0.25) is 19.9 Å². The minimum absolute atomic E-state index is 0.0420. The summed E-state index contributed by atoms with van der Waals surface area (Å²) >= 11 is 1.21. The molecule has 0 spiro atoms. The molecule has 174 valence electrons. The van der Waals surface area contributed by atoms with Crippen LogP contribution in [0.4, 0.5) is 5.69 Å². The second-order valence-electron chi connectivity index (χ2n) is 7.80. The Morgan fingerprint density at radius 2 is 1.75 bits per heavy atom. The van der Waals surface area contributed by atoms with Gasteiger partial charge in [-0.05, 0) is 30.3 Å². The van der Waals surface area contributed by atoms with Gasteiger partial charge < -0.3 is 0 Å². The van der Waals surface area contributed by atoms with Gasteiger partial charge in [-0.1, -0.05) is 41.7 Å². The number of hydrogen-bond acceptors (Lipinski definition) is 8. The quantitative estimate of drug-likeness (QED) is 0.266. The standard InChI is InChI=1S/C25H15N7O3S/c33-24-21(36-25-27-23(29-31(24)25)16-9-11-26-12-10-16)14-18-15-30(19-6-2-1-3-7-19)28-22(18)17-5-4-8-20(13-17)32(34)35/h1-15H. The summed E-state index contributed by atoms with van der Waals surface area (Å²) in [4.78, 5) is 33.0. The number of rotatable bonds is 5. The van der Waals surface area contributed by atoms with Crippen molar-refractivity contribution in [1.82, 2.24) is 29.4 Å². The average Bonchev–Trinajstić information content (AvgIpc) is 3.60. The van der Waals surface area contributed by atoms with E-state index in [1.165, 1.54) is 28.0 Å². The zero-order valence-electron chi connectivity index (χ0n) is 18.4. The van der Waals surface area contributed by atoms with Gasteiger partial charge >= 0.3 is 0 Å². The molecule has 0 saturated carbocycles. The van der Waals surface area contributed by atoms with Crippen LogP contribution in [-0.4, -0.2) is 34.3 Å². The molecule has 0 radical (unpaired) electrons. The second kappa shape index (κ2) is 8.64. The summed E-state index contributed by atoms with van der Waals surface area (Å²) in [5.41, 5.74) is 2.95. The first-order chi connectivity index (χ1) is 17.6.